The van der Waals surface area contributed by atoms with E-state index in [4.69, 9.17) is 9.47 Å². The Bertz CT molecular complexity index is 1010. The average Bonchev–Trinajstić information content (AvgIpc) is 3.37. The highest BCUT2D eigenvalue weighted by Gasteiger charge is 2.14. The molecule has 1 aliphatic heterocycles. The van der Waals surface area contributed by atoms with Gasteiger partial charge in [-0.3, -0.25) is 4.79 Å². The Kier molecular flexibility index (Phi) is 5.46. The molecule has 9 heteroatoms. The second kappa shape index (κ2) is 8.34. The summed E-state index contributed by atoms with van der Waals surface area (Å²) in [4.78, 5) is 14.5. The molecule has 0 saturated heterocycles. The number of benzene rings is 1. The lowest BCUT2D eigenvalue weighted by atomic mass is 10.2. The number of ether oxygens (including phenoxy) is 2. The molecule has 0 spiro atoms. The molecule has 0 atom stereocenters. The van der Waals surface area contributed by atoms with Gasteiger partial charge in [-0.05, 0) is 43.7 Å². The zero-order valence-corrected chi connectivity index (χ0v) is 16.6. The van der Waals surface area contributed by atoms with Crippen molar-refractivity contribution in [3.8, 4) is 11.5 Å². The van der Waals surface area contributed by atoms with Crippen molar-refractivity contribution < 1.29 is 14.3 Å². The maximum atomic E-state index is 12.3. The Morgan fingerprint density at radius 2 is 1.97 bits per heavy atom. The van der Waals surface area contributed by atoms with Crippen LogP contribution in [0.5, 0.6) is 11.5 Å². The Labute approximate surface area is 168 Å². The fraction of sp³-hybridized carbons (Fsp3) is 0.400. The normalized spacial score (nSPS) is 12.3. The molecule has 9 nitrogen and oxygen atoms in total. The molecule has 4 rings (SSSR count). The second-order valence-corrected chi connectivity index (χ2v) is 6.71. The Morgan fingerprint density at radius 1 is 1.14 bits per heavy atom. The zero-order valence-electron chi connectivity index (χ0n) is 16.6. The number of nitrogens with zero attached hydrogens (tertiary/aromatic N) is 5. The smallest absolute Gasteiger partial charge is 0.231 e. The van der Waals surface area contributed by atoms with Crippen molar-refractivity contribution in [2.45, 2.75) is 33.2 Å². The Hall–Kier alpha value is -3.36. The van der Waals surface area contributed by atoms with E-state index in [0.29, 0.717) is 36.6 Å². The van der Waals surface area contributed by atoms with Crippen LogP contribution in [0.4, 0.5) is 5.82 Å². The number of aromatic nitrogens is 4. The van der Waals surface area contributed by atoms with Gasteiger partial charge in [-0.15, -0.1) is 15.3 Å². The number of fused-ring (bicyclic) bond motifs is 2. The van der Waals surface area contributed by atoms with Crippen molar-refractivity contribution in [3.63, 3.8) is 0 Å². The Morgan fingerprint density at radius 3 is 2.79 bits per heavy atom. The van der Waals surface area contributed by atoms with Gasteiger partial charge in [0.2, 0.25) is 12.7 Å². The van der Waals surface area contributed by atoms with Crippen LogP contribution in [0.1, 0.15) is 31.7 Å². The van der Waals surface area contributed by atoms with Gasteiger partial charge in [-0.2, -0.15) is 4.52 Å². The highest BCUT2D eigenvalue weighted by atomic mass is 16.7. The minimum atomic E-state index is -0.0562. The van der Waals surface area contributed by atoms with Crippen molar-refractivity contribution in [3.05, 3.63) is 41.7 Å². The molecule has 3 heterocycles. The summed E-state index contributed by atoms with van der Waals surface area (Å²) in [7, 11) is 0. The number of nitrogens with one attached hydrogen (secondary N) is 1. The number of anilines is 1. The average molecular weight is 396 g/mol. The van der Waals surface area contributed by atoms with Crippen LogP contribution in [0, 0.1) is 0 Å². The second-order valence-electron chi connectivity index (χ2n) is 6.71. The first-order valence-corrected chi connectivity index (χ1v) is 9.79. The topological polar surface area (TPSA) is 93.9 Å². The molecule has 2 aromatic heterocycles. The van der Waals surface area contributed by atoms with E-state index < -0.39 is 0 Å². The summed E-state index contributed by atoms with van der Waals surface area (Å²) >= 11 is 0. The Balaban J connectivity index is 1.36. The molecule has 0 fully saturated rings. The monoisotopic (exact) mass is 396 g/mol. The zero-order chi connectivity index (χ0) is 20.2. The van der Waals surface area contributed by atoms with Gasteiger partial charge < -0.3 is 19.7 Å². The lowest BCUT2D eigenvalue weighted by Gasteiger charge is -2.19. The summed E-state index contributed by atoms with van der Waals surface area (Å²) in [5.41, 5.74) is 1.64. The number of aryl methyl sites for hydroxylation is 1. The van der Waals surface area contributed by atoms with Crippen LogP contribution in [0.3, 0.4) is 0 Å². The van der Waals surface area contributed by atoms with Gasteiger partial charge in [0.05, 0.1) is 0 Å². The van der Waals surface area contributed by atoms with E-state index in [2.05, 4.69) is 39.4 Å². The molecule has 1 N–H and O–H groups in total. The van der Waals surface area contributed by atoms with E-state index in [1.54, 1.807) is 4.52 Å². The number of rotatable bonds is 8. The van der Waals surface area contributed by atoms with Gasteiger partial charge >= 0.3 is 0 Å². The van der Waals surface area contributed by atoms with Crippen LogP contribution in [0.25, 0.3) is 5.65 Å². The molecule has 1 aromatic carbocycles. The van der Waals surface area contributed by atoms with Crippen LogP contribution < -0.4 is 19.7 Å². The molecule has 1 aliphatic rings. The minimum Gasteiger partial charge on any atom is -0.454 e. The predicted molar refractivity (Wildman–Crippen MR) is 107 cm³/mol. The molecule has 3 aromatic rings. The molecule has 0 aliphatic carbocycles. The van der Waals surface area contributed by atoms with E-state index in [0.717, 1.165) is 30.2 Å². The van der Waals surface area contributed by atoms with Crippen LogP contribution in [-0.4, -0.2) is 45.6 Å². The standard InChI is InChI=1S/C20H24N6O3/c1-3-25(4-2)19-8-7-17-22-23-18(26(17)24-19)9-10-20(27)21-12-14-5-6-15-16(11-14)29-13-28-15/h5-8,11H,3-4,9-10,12-13H2,1-2H3,(H,21,27). The van der Waals surface area contributed by atoms with E-state index in [9.17, 15) is 4.79 Å². The molecule has 152 valence electrons. The number of hydrogen-bond acceptors (Lipinski definition) is 7. The van der Waals surface area contributed by atoms with E-state index in [-0.39, 0.29) is 12.7 Å². The lowest BCUT2D eigenvalue weighted by molar-refractivity contribution is -0.121. The number of amides is 1. The van der Waals surface area contributed by atoms with Crippen LogP contribution in [0.15, 0.2) is 30.3 Å². The fourth-order valence-electron chi connectivity index (χ4n) is 3.26. The molecule has 29 heavy (non-hydrogen) atoms. The molecule has 0 saturated carbocycles. The van der Waals surface area contributed by atoms with Gasteiger partial charge in [0.15, 0.2) is 23.0 Å². The molecule has 1 amide bonds. The van der Waals surface area contributed by atoms with E-state index in [1.807, 2.05) is 30.3 Å². The van der Waals surface area contributed by atoms with E-state index in [1.165, 1.54) is 0 Å². The van der Waals surface area contributed by atoms with Crippen molar-refractivity contribution in [1.29, 1.82) is 0 Å². The number of carbonyl (C=O) groups excluding carboxylic acids is 1. The quantitative estimate of drug-likeness (QED) is 0.622. The minimum absolute atomic E-state index is 0.0562. The fourth-order valence-corrected chi connectivity index (χ4v) is 3.26. The summed E-state index contributed by atoms with van der Waals surface area (Å²) in [6.07, 6.45) is 0.769. The van der Waals surface area contributed by atoms with Gasteiger partial charge in [-0.25, -0.2) is 0 Å². The third-order valence-corrected chi connectivity index (χ3v) is 4.90. The van der Waals surface area contributed by atoms with Gasteiger partial charge in [-0.1, -0.05) is 6.07 Å². The van der Waals surface area contributed by atoms with Crippen LogP contribution in [-0.2, 0) is 17.8 Å². The largest absolute Gasteiger partial charge is 0.454 e. The molecule has 0 bridgehead atoms. The highest BCUT2D eigenvalue weighted by Crippen LogP contribution is 2.32. The van der Waals surface area contributed by atoms with Crippen LogP contribution >= 0.6 is 0 Å². The van der Waals surface area contributed by atoms with Gasteiger partial charge in [0, 0.05) is 32.5 Å². The third kappa shape index (κ3) is 4.08. The maximum Gasteiger partial charge on any atom is 0.231 e. The lowest BCUT2D eigenvalue weighted by Crippen LogP contribution is -2.24. The van der Waals surface area contributed by atoms with Crippen molar-refractivity contribution in [1.82, 2.24) is 25.1 Å². The molecular formula is C20H24N6O3. The molecular weight excluding hydrogens is 372 g/mol. The van der Waals surface area contributed by atoms with Crippen LogP contribution in [0.2, 0.25) is 0 Å². The summed E-state index contributed by atoms with van der Waals surface area (Å²) in [6.45, 7) is 6.59. The van der Waals surface area contributed by atoms with Crippen molar-refractivity contribution in [2.24, 2.45) is 0 Å². The number of hydrogen-bond donors (Lipinski definition) is 1. The molecule has 0 radical (unpaired) electrons. The van der Waals surface area contributed by atoms with Crippen molar-refractivity contribution >= 4 is 17.4 Å². The SMILES string of the molecule is CCN(CC)c1ccc2nnc(CCC(=O)NCc3ccc4c(c3)OCO4)n2n1. The first-order chi connectivity index (χ1) is 14.2. The summed E-state index contributed by atoms with van der Waals surface area (Å²) in [5, 5.41) is 15.9. The van der Waals surface area contributed by atoms with Gasteiger partial charge in [0.25, 0.3) is 0 Å². The van der Waals surface area contributed by atoms with Gasteiger partial charge in [0.1, 0.15) is 5.82 Å². The first-order valence-electron chi connectivity index (χ1n) is 9.79. The van der Waals surface area contributed by atoms with E-state index >= 15 is 0 Å². The summed E-state index contributed by atoms with van der Waals surface area (Å²) in [6, 6.07) is 9.49. The number of carbonyl (C=O) groups is 1. The summed E-state index contributed by atoms with van der Waals surface area (Å²) in [5.74, 6) is 2.93. The first kappa shape index (κ1) is 19.0. The predicted octanol–water partition coefficient (Wildman–Crippen LogP) is 1.95. The third-order valence-electron chi connectivity index (χ3n) is 4.90. The maximum absolute atomic E-state index is 12.3. The van der Waals surface area contributed by atoms with Crippen molar-refractivity contribution in [2.75, 3.05) is 24.8 Å². The summed E-state index contributed by atoms with van der Waals surface area (Å²) < 4.78 is 12.4. The highest BCUT2D eigenvalue weighted by molar-refractivity contribution is 5.76. The molecule has 0 unspecified atom stereocenters.